The van der Waals surface area contributed by atoms with Crippen LogP contribution in [0.5, 0.6) is 0 Å². The zero-order valence-corrected chi connectivity index (χ0v) is 22.8. The van der Waals surface area contributed by atoms with Crippen molar-refractivity contribution in [1.29, 1.82) is 0 Å². The summed E-state index contributed by atoms with van der Waals surface area (Å²) in [6, 6.07) is 25.1. The van der Waals surface area contributed by atoms with E-state index in [0.29, 0.717) is 15.9 Å². The third-order valence-corrected chi connectivity index (χ3v) is 15.1. The molecule has 35 heavy (non-hydrogen) atoms. The van der Waals surface area contributed by atoms with E-state index >= 15 is 0 Å². The van der Waals surface area contributed by atoms with E-state index in [1.165, 1.54) is 0 Å². The third kappa shape index (κ3) is 4.85. The second-order valence-corrected chi connectivity index (χ2v) is 19.9. The van der Waals surface area contributed by atoms with Crippen molar-refractivity contribution in [3.8, 4) is 0 Å². The molecule has 3 aromatic carbocycles. The van der Waals surface area contributed by atoms with Crippen molar-refractivity contribution < 1.29 is 30.0 Å². The van der Waals surface area contributed by atoms with Crippen LogP contribution < -0.4 is 15.9 Å². The van der Waals surface area contributed by atoms with Crippen molar-refractivity contribution in [2.75, 3.05) is 0 Å². The van der Waals surface area contributed by atoms with Crippen LogP contribution in [0.2, 0.25) is 19.6 Å². The van der Waals surface area contributed by atoms with Gasteiger partial charge in [-0.15, -0.1) is 0 Å². The Morgan fingerprint density at radius 2 is 1.11 bits per heavy atom. The van der Waals surface area contributed by atoms with Gasteiger partial charge in [0.05, 0.1) is 0 Å². The van der Waals surface area contributed by atoms with Crippen LogP contribution >= 0.6 is 6.83 Å². The first-order valence-electron chi connectivity index (χ1n) is 11.2. The fourth-order valence-corrected chi connectivity index (χ4v) is 15.5. The molecule has 0 amide bonds. The van der Waals surface area contributed by atoms with E-state index in [2.05, 4.69) is 0 Å². The van der Waals surface area contributed by atoms with Crippen molar-refractivity contribution in [3.63, 3.8) is 0 Å². The number of alkyl halides is 3. The Bertz CT molecular complexity index is 1130. The summed E-state index contributed by atoms with van der Waals surface area (Å²) >= 11 is 0. The summed E-state index contributed by atoms with van der Waals surface area (Å²) in [5.74, 6) is -1.00. The van der Waals surface area contributed by atoms with E-state index < -0.39 is 36.6 Å². The van der Waals surface area contributed by atoms with Crippen LogP contribution in [0.1, 0.15) is 13.3 Å². The molecule has 0 fully saturated rings. The minimum atomic E-state index is -6.08. The molecule has 0 spiro atoms. The van der Waals surface area contributed by atoms with Crippen LogP contribution in [-0.4, -0.2) is 28.1 Å². The van der Waals surface area contributed by atoms with Crippen molar-refractivity contribution in [3.05, 3.63) is 91.0 Å². The minimum absolute atomic E-state index is 0.216. The second-order valence-electron chi connectivity index (χ2n) is 9.18. The van der Waals surface area contributed by atoms with Gasteiger partial charge in [-0.3, -0.25) is 0 Å². The zero-order chi connectivity index (χ0) is 26.0. The molecule has 1 unspecified atom stereocenters. The van der Waals surface area contributed by atoms with Gasteiger partial charge < -0.3 is 0 Å². The normalized spacial score (nSPS) is 15.2. The molecule has 0 saturated carbocycles. The van der Waals surface area contributed by atoms with E-state index in [9.17, 15) is 21.6 Å². The molecule has 0 N–H and O–H groups in total. The average molecular weight is 543 g/mol. The summed E-state index contributed by atoms with van der Waals surface area (Å²) in [7, 11) is -8.52. The first-order valence-corrected chi connectivity index (χ1v) is 18.2. The van der Waals surface area contributed by atoms with Crippen molar-refractivity contribution >= 4 is 41.2 Å². The fraction of sp³-hybridized carbons (Fsp3) is 0.280. The van der Waals surface area contributed by atoms with Crippen LogP contribution in [0.4, 0.5) is 13.2 Å². The van der Waals surface area contributed by atoms with Gasteiger partial charge in [0.2, 0.25) is 0 Å². The molecule has 0 saturated heterocycles. The first kappa shape index (κ1) is 27.6. The predicted molar refractivity (Wildman–Crippen MR) is 140 cm³/mol. The van der Waals surface area contributed by atoms with E-state index in [0.717, 1.165) is 0 Å². The molecule has 10 heteroatoms. The molecule has 1 atom stereocenters. The molecule has 0 aliphatic carbocycles. The molecule has 0 aliphatic rings. The van der Waals surface area contributed by atoms with E-state index in [4.69, 9.17) is 8.40 Å². The van der Waals surface area contributed by atoms with Gasteiger partial charge in [0, 0.05) is 0 Å². The summed E-state index contributed by atoms with van der Waals surface area (Å²) in [6.07, 6.45) is 0.216. The Morgan fingerprint density at radius 1 is 0.771 bits per heavy atom. The maximum absolute atomic E-state index is 14.1. The Labute approximate surface area is 206 Å². The topological polar surface area (TPSA) is 52.6 Å². The molecular weight excluding hydrogens is 512 g/mol. The predicted octanol–water partition coefficient (Wildman–Crippen LogP) is 5.89. The second kappa shape index (κ2) is 9.79. The molecule has 190 valence electrons. The van der Waals surface area contributed by atoms with E-state index in [-0.39, 0.29) is 6.42 Å². The Morgan fingerprint density at radius 3 is 1.37 bits per heavy atom. The number of halogens is 3. The van der Waals surface area contributed by atoms with Gasteiger partial charge in [0.1, 0.15) is 0 Å². The number of hydrogen-bond donors (Lipinski definition) is 0. The Hall–Kier alpha value is -2.03. The summed E-state index contributed by atoms with van der Waals surface area (Å²) in [5, 5.41) is 1.02. The molecule has 0 bridgehead atoms. The fourth-order valence-electron chi connectivity index (χ4n) is 4.48. The van der Waals surface area contributed by atoms with E-state index in [1.807, 2.05) is 19.6 Å². The maximum atomic E-state index is 14.1. The molecule has 0 heterocycles. The van der Waals surface area contributed by atoms with Crippen LogP contribution in [0, 0.1) is 0 Å². The van der Waals surface area contributed by atoms with Crippen LogP contribution in [0.25, 0.3) is 0 Å². The Balaban J connectivity index is 2.68. The van der Waals surface area contributed by atoms with Crippen molar-refractivity contribution in [2.45, 2.75) is 44.3 Å². The number of rotatable bonds is 9. The molecule has 0 aromatic heterocycles. The quantitative estimate of drug-likeness (QED) is 0.192. The van der Waals surface area contributed by atoms with Gasteiger partial charge in [-0.25, -0.2) is 0 Å². The summed E-state index contributed by atoms with van der Waals surface area (Å²) in [6.45, 7) is 2.54. The monoisotopic (exact) mass is 542 g/mol. The first-order chi connectivity index (χ1) is 16.3. The number of hydrogen-bond acceptors (Lipinski definition) is 4. The van der Waals surface area contributed by atoms with Crippen molar-refractivity contribution in [1.82, 2.24) is 0 Å². The molecule has 4 nitrogen and oxygen atoms in total. The SMILES string of the molecule is CCC(O[Si](C)(C)C)P(OS(=O)(=O)C(F)(F)F)(c1ccccc1)(c1ccccc1)c1ccccc1. The third-order valence-electron chi connectivity index (χ3n) is 5.73. The average Bonchev–Trinajstić information content (AvgIpc) is 2.82. The van der Waals surface area contributed by atoms with Gasteiger partial charge in [0.25, 0.3) is 0 Å². The van der Waals surface area contributed by atoms with Crippen molar-refractivity contribution in [2.24, 2.45) is 0 Å². The van der Waals surface area contributed by atoms with Crippen LogP contribution in [0.15, 0.2) is 91.0 Å². The zero-order valence-electron chi connectivity index (χ0n) is 20.1. The summed E-state index contributed by atoms with van der Waals surface area (Å²) in [5.41, 5.74) is -5.63. The Kier molecular flexibility index (Phi) is 7.70. The van der Waals surface area contributed by atoms with Gasteiger partial charge >= 0.3 is 206 Å². The molecular formula is C25H30F3O4PSSi. The molecule has 3 aromatic rings. The van der Waals surface area contributed by atoms with Crippen LogP contribution in [0.3, 0.4) is 0 Å². The van der Waals surface area contributed by atoms with Gasteiger partial charge in [0.15, 0.2) is 0 Å². The van der Waals surface area contributed by atoms with Gasteiger partial charge in [-0.2, -0.15) is 0 Å². The van der Waals surface area contributed by atoms with Crippen LogP contribution in [-0.2, 0) is 18.5 Å². The van der Waals surface area contributed by atoms with Gasteiger partial charge in [-0.1, -0.05) is 0 Å². The van der Waals surface area contributed by atoms with E-state index in [1.54, 1.807) is 97.9 Å². The molecule has 0 aliphatic heterocycles. The summed E-state index contributed by atoms with van der Waals surface area (Å²) < 4.78 is 80.7. The molecule has 3 rings (SSSR count). The summed E-state index contributed by atoms with van der Waals surface area (Å²) in [4.78, 5) is 0. The number of benzene rings is 3. The van der Waals surface area contributed by atoms with Gasteiger partial charge in [-0.05, 0) is 0 Å². The standard InChI is InChI=1S/C25H30F3O4PSSi/c1-5-24(31-35(2,3)4)33(21-15-9-6-10-16-21,22-17-11-7-12-18-22,23-19-13-8-14-20-23)32-34(29,30)25(26,27)28/h6-20,24H,5H2,1-4H3. The molecule has 0 radical (unpaired) electrons.